The second-order valence-corrected chi connectivity index (χ2v) is 7.47. The molecule has 0 spiro atoms. The van der Waals surface area contributed by atoms with E-state index >= 15 is 0 Å². The third-order valence-electron chi connectivity index (χ3n) is 5.37. The van der Waals surface area contributed by atoms with Crippen LogP contribution in [0.25, 0.3) is 0 Å². The number of rotatable bonds is 6. The second-order valence-electron chi connectivity index (χ2n) is 7.47. The van der Waals surface area contributed by atoms with Crippen LogP contribution in [-0.2, 0) is 17.9 Å². The van der Waals surface area contributed by atoms with Gasteiger partial charge in [0, 0.05) is 18.3 Å². The molecule has 2 aromatic carbocycles. The first-order valence-corrected chi connectivity index (χ1v) is 10.1. The van der Waals surface area contributed by atoms with Crippen molar-refractivity contribution in [1.82, 2.24) is 10.2 Å². The third kappa shape index (κ3) is 4.91. The SMILES string of the molecule is N#C/C(=C\N1CC[NH+](Cc2ccc3c(c2)OCO3)CC1)C(=O)NCc1ccccc1. The van der Waals surface area contributed by atoms with Gasteiger partial charge in [0.2, 0.25) is 6.79 Å². The summed E-state index contributed by atoms with van der Waals surface area (Å²) in [5, 5.41) is 12.2. The quantitative estimate of drug-likeness (QED) is 0.550. The second kappa shape index (κ2) is 9.33. The van der Waals surface area contributed by atoms with Crippen LogP contribution in [-0.4, -0.2) is 43.8 Å². The number of nitrogens with zero attached hydrogens (tertiary/aromatic N) is 2. The molecule has 2 aromatic rings. The molecule has 30 heavy (non-hydrogen) atoms. The van der Waals surface area contributed by atoms with E-state index in [9.17, 15) is 10.1 Å². The molecule has 1 amide bonds. The monoisotopic (exact) mass is 405 g/mol. The zero-order chi connectivity index (χ0) is 20.8. The van der Waals surface area contributed by atoms with Gasteiger partial charge in [-0.25, -0.2) is 0 Å². The molecule has 7 nitrogen and oxygen atoms in total. The molecule has 1 saturated heterocycles. The largest absolute Gasteiger partial charge is 0.454 e. The molecule has 0 radical (unpaired) electrons. The molecular formula is C23H25N4O3+. The highest BCUT2D eigenvalue weighted by Crippen LogP contribution is 2.32. The Hall–Kier alpha value is -3.50. The van der Waals surface area contributed by atoms with Crippen molar-refractivity contribution in [3.8, 4) is 17.6 Å². The summed E-state index contributed by atoms with van der Waals surface area (Å²) >= 11 is 0. The number of hydrogen-bond acceptors (Lipinski definition) is 5. The minimum absolute atomic E-state index is 0.144. The van der Waals surface area contributed by atoms with Crippen LogP contribution < -0.4 is 19.7 Å². The summed E-state index contributed by atoms with van der Waals surface area (Å²) in [5.41, 5.74) is 2.37. The number of quaternary nitrogens is 1. The fourth-order valence-corrected chi connectivity index (χ4v) is 3.68. The first-order valence-electron chi connectivity index (χ1n) is 10.1. The van der Waals surface area contributed by atoms with Crippen LogP contribution >= 0.6 is 0 Å². The van der Waals surface area contributed by atoms with Crippen LogP contribution in [0.1, 0.15) is 11.1 Å². The van der Waals surface area contributed by atoms with Crippen molar-refractivity contribution in [2.24, 2.45) is 0 Å². The van der Waals surface area contributed by atoms with Crippen molar-refractivity contribution in [2.45, 2.75) is 13.1 Å². The van der Waals surface area contributed by atoms with Crippen LogP contribution in [0.5, 0.6) is 11.5 Å². The number of nitrogens with one attached hydrogen (secondary N) is 2. The highest BCUT2D eigenvalue weighted by atomic mass is 16.7. The lowest BCUT2D eigenvalue weighted by Crippen LogP contribution is -3.13. The Bertz CT molecular complexity index is 960. The molecule has 4 rings (SSSR count). The van der Waals surface area contributed by atoms with Crippen LogP contribution in [0.2, 0.25) is 0 Å². The summed E-state index contributed by atoms with van der Waals surface area (Å²) in [6.45, 7) is 5.10. The van der Waals surface area contributed by atoms with E-state index < -0.39 is 0 Å². The zero-order valence-corrected chi connectivity index (χ0v) is 16.8. The lowest BCUT2D eigenvalue weighted by molar-refractivity contribution is -0.917. The normalized spacial score (nSPS) is 16.2. The Morgan fingerprint density at radius 3 is 2.63 bits per heavy atom. The van der Waals surface area contributed by atoms with Gasteiger partial charge in [-0.15, -0.1) is 0 Å². The van der Waals surface area contributed by atoms with E-state index in [-0.39, 0.29) is 18.3 Å². The van der Waals surface area contributed by atoms with Crippen LogP contribution in [0.15, 0.2) is 60.3 Å². The highest BCUT2D eigenvalue weighted by molar-refractivity contribution is 5.97. The zero-order valence-electron chi connectivity index (χ0n) is 16.8. The Morgan fingerprint density at radius 2 is 1.87 bits per heavy atom. The molecule has 0 saturated carbocycles. The van der Waals surface area contributed by atoms with E-state index in [2.05, 4.69) is 16.3 Å². The molecule has 0 bridgehead atoms. The summed E-state index contributed by atoms with van der Waals surface area (Å²) in [6.07, 6.45) is 1.69. The number of ether oxygens (including phenoxy) is 2. The Kier molecular flexibility index (Phi) is 6.16. The van der Waals surface area contributed by atoms with Crippen molar-refractivity contribution >= 4 is 5.91 Å². The average Bonchev–Trinajstić information content (AvgIpc) is 3.25. The van der Waals surface area contributed by atoms with E-state index in [4.69, 9.17) is 9.47 Å². The Balaban J connectivity index is 1.27. The van der Waals surface area contributed by atoms with Gasteiger partial charge >= 0.3 is 0 Å². The van der Waals surface area contributed by atoms with E-state index in [0.717, 1.165) is 49.8 Å². The highest BCUT2D eigenvalue weighted by Gasteiger charge is 2.21. The molecular weight excluding hydrogens is 380 g/mol. The maximum absolute atomic E-state index is 12.4. The number of hydrogen-bond donors (Lipinski definition) is 2. The topological polar surface area (TPSA) is 79.0 Å². The van der Waals surface area contributed by atoms with Crippen LogP contribution in [0, 0.1) is 11.3 Å². The summed E-state index contributed by atoms with van der Waals surface area (Å²) in [7, 11) is 0. The first-order chi connectivity index (χ1) is 14.7. The van der Waals surface area contributed by atoms with Crippen molar-refractivity contribution in [2.75, 3.05) is 33.0 Å². The molecule has 2 N–H and O–H groups in total. The van der Waals surface area contributed by atoms with Gasteiger partial charge < -0.3 is 24.6 Å². The smallest absolute Gasteiger partial charge is 0.263 e. The molecule has 1 fully saturated rings. The summed E-state index contributed by atoms with van der Waals surface area (Å²) in [6, 6.07) is 17.8. The average molecular weight is 405 g/mol. The predicted molar refractivity (Wildman–Crippen MR) is 111 cm³/mol. The standard InChI is InChI=1S/C23H24N4O3/c24-13-20(23(28)25-14-18-4-2-1-3-5-18)16-27-10-8-26(9-11-27)15-19-6-7-21-22(12-19)30-17-29-21/h1-7,12,16H,8-11,14-15,17H2,(H,25,28)/p+1/b20-16+. The molecule has 0 aliphatic carbocycles. The van der Waals surface area contributed by atoms with Gasteiger partial charge in [0.15, 0.2) is 11.5 Å². The summed E-state index contributed by atoms with van der Waals surface area (Å²) in [5.74, 6) is 1.28. The van der Waals surface area contributed by atoms with E-state index in [1.54, 1.807) is 6.20 Å². The van der Waals surface area contributed by atoms with Gasteiger partial charge in [0.1, 0.15) is 18.2 Å². The summed E-state index contributed by atoms with van der Waals surface area (Å²) < 4.78 is 10.8. The number of nitriles is 1. The van der Waals surface area contributed by atoms with Crippen LogP contribution in [0.3, 0.4) is 0 Å². The number of amides is 1. The fraction of sp³-hybridized carbons (Fsp3) is 0.304. The summed E-state index contributed by atoms with van der Waals surface area (Å²) in [4.78, 5) is 15.9. The lowest BCUT2D eigenvalue weighted by Gasteiger charge is -2.31. The number of fused-ring (bicyclic) bond motifs is 1. The van der Waals surface area contributed by atoms with Crippen molar-refractivity contribution in [3.05, 3.63) is 71.4 Å². The van der Waals surface area contributed by atoms with Crippen molar-refractivity contribution < 1.29 is 19.2 Å². The predicted octanol–water partition coefficient (Wildman–Crippen LogP) is 0.840. The first kappa shape index (κ1) is 19.8. The maximum atomic E-state index is 12.4. The Morgan fingerprint density at radius 1 is 1.10 bits per heavy atom. The molecule has 154 valence electrons. The maximum Gasteiger partial charge on any atom is 0.263 e. The lowest BCUT2D eigenvalue weighted by atomic mass is 10.1. The van der Waals surface area contributed by atoms with Crippen LogP contribution in [0.4, 0.5) is 0 Å². The minimum atomic E-state index is -0.337. The number of benzene rings is 2. The van der Waals surface area contributed by atoms with Gasteiger partial charge in [-0.2, -0.15) is 5.26 Å². The number of piperazine rings is 1. The van der Waals surface area contributed by atoms with E-state index in [1.807, 2.05) is 48.5 Å². The molecule has 2 heterocycles. The van der Waals surface area contributed by atoms with Gasteiger partial charge in [-0.3, -0.25) is 4.79 Å². The molecule has 0 unspecified atom stereocenters. The molecule has 0 aromatic heterocycles. The van der Waals surface area contributed by atoms with Gasteiger partial charge in [0.05, 0.1) is 26.2 Å². The van der Waals surface area contributed by atoms with E-state index in [0.29, 0.717) is 6.54 Å². The Labute approximate surface area is 176 Å². The number of carbonyl (C=O) groups is 1. The van der Waals surface area contributed by atoms with Gasteiger partial charge in [0.25, 0.3) is 5.91 Å². The molecule has 2 aliphatic heterocycles. The van der Waals surface area contributed by atoms with E-state index in [1.165, 1.54) is 10.5 Å². The third-order valence-corrected chi connectivity index (χ3v) is 5.37. The molecule has 7 heteroatoms. The van der Waals surface area contributed by atoms with Crippen molar-refractivity contribution in [1.29, 1.82) is 5.26 Å². The minimum Gasteiger partial charge on any atom is -0.454 e. The molecule has 2 aliphatic rings. The van der Waals surface area contributed by atoms with Gasteiger partial charge in [-0.05, 0) is 23.8 Å². The number of carbonyl (C=O) groups excluding carboxylic acids is 1. The van der Waals surface area contributed by atoms with Crippen molar-refractivity contribution in [3.63, 3.8) is 0 Å². The fourth-order valence-electron chi connectivity index (χ4n) is 3.68. The van der Waals surface area contributed by atoms with Gasteiger partial charge in [-0.1, -0.05) is 30.3 Å². The molecule has 0 atom stereocenters.